The van der Waals surface area contributed by atoms with Gasteiger partial charge >= 0.3 is 0 Å². The smallest absolute Gasteiger partial charge is 0.243 e. The van der Waals surface area contributed by atoms with Gasteiger partial charge in [-0.15, -0.1) is 0 Å². The lowest BCUT2D eigenvalue weighted by Crippen LogP contribution is -2.24. The molecule has 0 atom stereocenters. The normalized spacial score (nSPS) is 11.3. The summed E-state index contributed by atoms with van der Waals surface area (Å²) < 4.78 is 79.2. The number of imidazole rings is 2. The highest BCUT2D eigenvalue weighted by Gasteiger charge is 2.00. The molecule has 0 radical (unpaired) electrons. The molecule has 0 amide bonds. The molecule has 15 heteroatoms. The third-order valence-electron chi connectivity index (χ3n) is 3.38. The van der Waals surface area contributed by atoms with Crippen molar-refractivity contribution in [2.45, 2.75) is 13.1 Å². The van der Waals surface area contributed by atoms with Gasteiger partial charge in [-0.05, 0) is 0 Å². The van der Waals surface area contributed by atoms with E-state index in [1.165, 1.54) is 0 Å². The van der Waals surface area contributed by atoms with Crippen LogP contribution in [-0.4, -0.2) is 87.2 Å². The number of hydrogen-bond acceptors (Lipinski definition) is 9. The van der Waals surface area contributed by atoms with Crippen molar-refractivity contribution in [1.82, 2.24) is 9.13 Å². The summed E-state index contributed by atoms with van der Waals surface area (Å²) in [5.41, 5.74) is 0. The van der Waals surface area contributed by atoms with E-state index in [0.29, 0.717) is 52.2 Å². The predicted octanol–water partition coefficient (Wildman–Crippen LogP) is -1.99. The van der Waals surface area contributed by atoms with E-state index in [4.69, 9.17) is 40.2 Å². The minimum Gasteiger partial charge on any atom is -0.748 e. The first-order chi connectivity index (χ1) is 15.2. The molecule has 0 spiro atoms. The van der Waals surface area contributed by atoms with Gasteiger partial charge < -0.3 is 23.3 Å². The van der Waals surface area contributed by atoms with Gasteiger partial charge in [0.2, 0.25) is 12.7 Å². The Morgan fingerprint density at radius 3 is 1.18 bits per heavy atom. The van der Waals surface area contributed by atoms with Crippen molar-refractivity contribution < 1.29 is 49.3 Å². The molecule has 13 nitrogen and oxygen atoms in total. The fourth-order valence-corrected chi connectivity index (χ4v) is 2.15. The second-order valence-corrected chi connectivity index (χ2v) is 9.70. The van der Waals surface area contributed by atoms with Crippen molar-refractivity contribution in [3.05, 3.63) is 37.4 Å². The van der Waals surface area contributed by atoms with E-state index in [9.17, 15) is 0 Å². The van der Waals surface area contributed by atoms with Crippen LogP contribution in [0.4, 0.5) is 0 Å². The van der Waals surface area contributed by atoms with Crippen LogP contribution in [-0.2, 0) is 61.6 Å². The summed E-state index contributed by atoms with van der Waals surface area (Å²) in [6, 6.07) is 0. The van der Waals surface area contributed by atoms with Crippen LogP contribution >= 0.6 is 0 Å². The minimum atomic E-state index is -3.92. The quantitative estimate of drug-likeness (QED) is 0.177. The van der Waals surface area contributed by atoms with Crippen molar-refractivity contribution in [3.63, 3.8) is 0 Å². The highest BCUT2D eigenvalue weighted by Crippen LogP contribution is 1.88. The first-order valence-electron chi connectivity index (χ1n) is 9.81. The standard InChI is InChI=1S/C16H28N4O3.2CH4O3S/c1-17-3-5-19(15-17)7-9-21-11-13-23-14-12-22-10-8-20-6-4-18(2)16-20;2*1-5(2,3)4/h3-6,15-16H,7-14H2,1-2H3;2*1H3,(H,2,3,4)/q+2;;/p-2. The first-order valence-corrected chi connectivity index (χ1v) is 13.4. The van der Waals surface area contributed by atoms with E-state index >= 15 is 0 Å². The monoisotopic (exact) mass is 514 g/mol. The van der Waals surface area contributed by atoms with Crippen LogP contribution in [0.2, 0.25) is 0 Å². The molecule has 0 aliphatic heterocycles. The Kier molecular flexibility index (Phi) is 15.7. The summed E-state index contributed by atoms with van der Waals surface area (Å²) in [7, 11) is -3.82. The fourth-order valence-electron chi connectivity index (χ4n) is 2.15. The Bertz CT molecular complexity index is 878. The number of nitrogens with zero attached hydrogens (tertiary/aromatic N) is 4. The molecule has 0 unspecified atom stereocenters. The maximum Gasteiger partial charge on any atom is 0.243 e. The molecule has 0 saturated carbocycles. The summed E-state index contributed by atoms with van der Waals surface area (Å²) in [4.78, 5) is 0. The molecule has 33 heavy (non-hydrogen) atoms. The van der Waals surface area contributed by atoms with Crippen LogP contribution in [0.3, 0.4) is 0 Å². The molecule has 0 aliphatic carbocycles. The second kappa shape index (κ2) is 16.7. The second-order valence-electron chi connectivity index (χ2n) is 6.88. The number of aromatic nitrogens is 4. The van der Waals surface area contributed by atoms with Crippen molar-refractivity contribution in [2.75, 3.05) is 52.2 Å². The zero-order valence-corrected chi connectivity index (χ0v) is 21.0. The highest BCUT2D eigenvalue weighted by molar-refractivity contribution is 7.85. The van der Waals surface area contributed by atoms with Crippen LogP contribution in [0.15, 0.2) is 37.4 Å². The van der Waals surface area contributed by atoms with E-state index < -0.39 is 20.2 Å². The molecule has 2 aromatic rings. The molecule has 0 aliphatic rings. The molecule has 0 bridgehead atoms. The van der Waals surface area contributed by atoms with Gasteiger partial charge in [0.25, 0.3) is 0 Å². The zero-order chi connectivity index (χ0) is 25.3. The van der Waals surface area contributed by atoms with E-state index in [-0.39, 0.29) is 0 Å². The van der Waals surface area contributed by atoms with Gasteiger partial charge in [0.05, 0.1) is 74.0 Å². The molecule has 0 saturated heterocycles. The molecule has 192 valence electrons. The van der Waals surface area contributed by atoms with Gasteiger partial charge in [0.1, 0.15) is 37.9 Å². The molecular formula is C18H34N4O9S2. The van der Waals surface area contributed by atoms with E-state index in [2.05, 4.69) is 9.13 Å². The van der Waals surface area contributed by atoms with Crippen LogP contribution in [0.25, 0.3) is 0 Å². The van der Waals surface area contributed by atoms with Gasteiger partial charge in [0, 0.05) is 12.5 Å². The molecule has 2 rings (SSSR count). The van der Waals surface area contributed by atoms with E-state index in [1.807, 2.05) is 60.7 Å². The van der Waals surface area contributed by atoms with Gasteiger partial charge in [-0.3, -0.25) is 0 Å². The number of ether oxygens (including phenoxy) is 3. The molecule has 0 aromatic carbocycles. The Morgan fingerprint density at radius 1 is 0.667 bits per heavy atom. The minimum absolute atomic E-state index is 0.604. The van der Waals surface area contributed by atoms with Gasteiger partial charge in [-0.2, -0.15) is 0 Å². The highest BCUT2D eigenvalue weighted by atomic mass is 32.2. The first kappa shape index (κ1) is 31.1. The number of aryl methyl sites for hydroxylation is 2. The Labute approximate surface area is 195 Å². The molecule has 0 fully saturated rings. The number of hydrogen-bond donors (Lipinski definition) is 0. The summed E-state index contributed by atoms with van der Waals surface area (Å²) in [5, 5.41) is 0. The van der Waals surface area contributed by atoms with Crippen LogP contribution in [0.1, 0.15) is 0 Å². The molecule has 0 N–H and O–H groups in total. The lowest BCUT2D eigenvalue weighted by atomic mass is 10.6. The topological polar surface area (TPSA) is 160 Å². The summed E-state index contributed by atoms with van der Waals surface area (Å²) in [5.74, 6) is 0. The van der Waals surface area contributed by atoms with Crippen LogP contribution in [0, 0.1) is 0 Å². The van der Waals surface area contributed by atoms with Crippen molar-refractivity contribution >= 4 is 20.2 Å². The molecule has 2 aromatic heterocycles. The Morgan fingerprint density at radius 2 is 0.939 bits per heavy atom. The van der Waals surface area contributed by atoms with Crippen LogP contribution < -0.4 is 9.13 Å². The van der Waals surface area contributed by atoms with Crippen LogP contribution in [0.5, 0.6) is 0 Å². The SMILES string of the molecule is CS(=O)(=O)[O-].CS(=O)(=O)[O-].C[n+]1ccn(CCOCCOCCOCCn2cc[n+](C)c2)c1. The van der Waals surface area contributed by atoms with Gasteiger partial charge in [-0.25, -0.2) is 35.1 Å². The van der Waals surface area contributed by atoms with Gasteiger partial charge in [-0.1, -0.05) is 0 Å². The summed E-state index contributed by atoms with van der Waals surface area (Å²) in [6.45, 7) is 5.57. The molecular weight excluding hydrogens is 480 g/mol. The average Bonchev–Trinajstić information content (AvgIpc) is 3.25. The maximum atomic E-state index is 9.08. The summed E-state index contributed by atoms with van der Waals surface area (Å²) >= 11 is 0. The zero-order valence-electron chi connectivity index (χ0n) is 19.4. The lowest BCUT2D eigenvalue weighted by molar-refractivity contribution is -0.671. The van der Waals surface area contributed by atoms with Crippen molar-refractivity contribution in [3.8, 4) is 0 Å². The predicted molar refractivity (Wildman–Crippen MR) is 115 cm³/mol. The van der Waals surface area contributed by atoms with Crippen molar-refractivity contribution in [2.24, 2.45) is 14.1 Å². The average molecular weight is 515 g/mol. The third kappa shape index (κ3) is 26.3. The Balaban J connectivity index is 0.000000859. The van der Waals surface area contributed by atoms with Gasteiger partial charge in [0.15, 0.2) is 0 Å². The molecule has 2 heterocycles. The summed E-state index contributed by atoms with van der Waals surface area (Å²) in [6.07, 6.45) is 13.4. The van der Waals surface area contributed by atoms with Crippen molar-refractivity contribution in [1.29, 1.82) is 0 Å². The lowest BCUT2D eigenvalue weighted by Gasteiger charge is -2.05. The largest absolute Gasteiger partial charge is 0.748 e. The Hall–Kier alpha value is -1.88. The third-order valence-corrected chi connectivity index (χ3v) is 3.38. The number of rotatable bonds is 12. The van der Waals surface area contributed by atoms with E-state index in [0.717, 1.165) is 13.1 Å². The van der Waals surface area contributed by atoms with E-state index in [1.54, 1.807) is 0 Å². The maximum absolute atomic E-state index is 9.08. The fraction of sp³-hybridized carbons (Fsp3) is 0.667.